The van der Waals surface area contributed by atoms with Crippen LogP contribution in [0.25, 0.3) is 5.69 Å². The number of carbonyl (C=O) groups is 2. The Balaban J connectivity index is 1.38. The first-order valence-electron chi connectivity index (χ1n) is 12.0. The van der Waals surface area contributed by atoms with Crippen LogP contribution in [-0.4, -0.2) is 57.8 Å². The molecule has 0 radical (unpaired) electrons. The number of hydrogen-bond donors (Lipinski definition) is 1. The third kappa shape index (κ3) is 6.17. The summed E-state index contributed by atoms with van der Waals surface area (Å²) in [5, 5.41) is 7.14. The second-order valence-corrected chi connectivity index (χ2v) is 8.45. The SMILES string of the molecule is CCOc1cc(C(=O)NC(C)c2ccc(-n3cncn3)cc2)ccc1OCC(=O)N1CCCCC1. The fraction of sp³-hybridized carbons (Fsp3) is 0.385. The van der Waals surface area contributed by atoms with Crippen molar-refractivity contribution >= 4 is 11.8 Å². The highest BCUT2D eigenvalue weighted by atomic mass is 16.5. The van der Waals surface area contributed by atoms with Gasteiger partial charge >= 0.3 is 0 Å². The lowest BCUT2D eigenvalue weighted by Gasteiger charge is -2.26. The zero-order valence-corrected chi connectivity index (χ0v) is 20.1. The number of nitrogens with zero attached hydrogens (tertiary/aromatic N) is 4. The number of carbonyl (C=O) groups excluding carboxylic acids is 2. The maximum Gasteiger partial charge on any atom is 0.260 e. The largest absolute Gasteiger partial charge is 0.490 e. The number of amides is 2. The van der Waals surface area contributed by atoms with Gasteiger partial charge in [0.2, 0.25) is 0 Å². The first-order chi connectivity index (χ1) is 17.0. The van der Waals surface area contributed by atoms with Gasteiger partial charge in [0.1, 0.15) is 12.7 Å². The van der Waals surface area contributed by atoms with Crippen molar-refractivity contribution in [2.24, 2.45) is 0 Å². The van der Waals surface area contributed by atoms with Gasteiger partial charge in [-0.2, -0.15) is 5.10 Å². The van der Waals surface area contributed by atoms with Crippen LogP contribution in [-0.2, 0) is 4.79 Å². The summed E-state index contributed by atoms with van der Waals surface area (Å²) in [5.74, 6) is 0.634. The number of benzene rings is 2. The summed E-state index contributed by atoms with van der Waals surface area (Å²) in [5.41, 5.74) is 2.30. The summed E-state index contributed by atoms with van der Waals surface area (Å²) in [6, 6.07) is 12.6. The van der Waals surface area contributed by atoms with E-state index < -0.39 is 0 Å². The van der Waals surface area contributed by atoms with Crippen molar-refractivity contribution in [3.63, 3.8) is 0 Å². The van der Waals surface area contributed by atoms with Gasteiger partial charge in [-0.25, -0.2) is 9.67 Å². The van der Waals surface area contributed by atoms with Gasteiger partial charge < -0.3 is 19.7 Å². The van der Waals surface area contributed by atoms with Crippen LogP contribution < -0.4 is 14.8 Å². The Kier molecular flexibility index (Phi) is 7.97. The average Bonchev–Trinajstić information content (AvgIpc) is 3.43. The van der Waals surface area contributed by atoms with Crippen LogP contribution in [0.15, 0.2) is 55.1 Å². The second kappa shape index (κ2) is 11.5. The molecule has 1 unspecified atom stereocenters. The quantitative estimate of drug-likeness (QED) is 0.506. The van der Waals surface area contributed by atoms with E-state index in [1.54, 1.807) is 29.2 Å². The number of aromatic nitrogens is 3. The van der Waals surface area contributed by atoms with Gasteiger partial charge in [0.05, 0.1) is 18.3 Å². The number of likely N-dealkylation sites (tertiary alicyclic amines) is 1. The standard InChI is InChI=1S/C26H31N5O4/c1-3-34-24-15-21(9-12-23(24)35-16-25(32)30-13-5-4-6-14-30)26(33)29-19(2)20-7-10-22(11-8-20)31-18-27-17-28-31/h7-12,15,17-19H,3-6,13-14,16H2,1-2H3,(H,29,33). The van der Waals surface area contributed by atoms with E-state index in [0.717, 1.165) is 43.6 Å². The summed E-state index contributed by atoms with van der Waals surface area (Å²) in [4.78, 5) is 31.2. The topological polar surface area (TPSA) is 98.6 Å². The molecule has 1 atom stereocenters. The molecule has 0 saturated carbocycles. The minimum absolute atomic E-state index is 0.0300. The van der Waals surface area contributed by atoms with E-state index in [-0.39, 0.29) is 24.5 Å². The molecule has 9 nitrogen and oxygen atoms in total. The van der Waals surface area contributed by atoms with Crippen LogP contribution in [0.3, 0.4) is 0 Å². The molecule has 0 spiro atoms. The van der Waals surface area contributed by atoms with E-state index >= 15 is 0 Å². The summed E-state index contributed by atoms with van der Waals surface area (Å²) >= 11 is 0. The second-order valence-electron chi connectivity index (χ2n) is 8.45. The molecule has 0 aliphatic carbocycles. The molecule has 1 fully saturated rings. The average molecular weight is 478 g/mol. The summed E-state index contributed by atoms with van der Waals surface area (Å²) in [7, 11) is 0. The monoisotopic (exact) mass is 477 g/mol. The number of hydrogen-bond acceptors (Lipinski definition) is 6. The zero-order chi connectivity index (χ0) is 24.6. The third-order valence-electron chi connectivity index (χ3n) is 5.99. The third-order valence-corrected chi connectivity index (χ3v) is 5.99. The lowest BCUT2D eigenvalue weighted by atomic mass is 10.1. The Morgan fingerprint density at radius 1 is 1.03 bits per heavy atom. The fourth-order valence-electron chi connectivity index (χ4n) is 4.03. The van der Waals surface area contributed by atoms with Crippen molar-refractivity contribution in [2.45, 2.75) is 39.2 Å². The van der Waals surface area contributed by atoms with Gasteiger partial charge in [0, 0.05) is 18.7 Å². The molecule has 2 amide bonds. The molecular formula is C26H31N5O4. The lowest BCUT2D eigenvalue weighted by molar-refractivity contribution is -0.134. The van der Waals surface area contributed by atoms with Crippen molar-refractivity contribution in [1.29, 1.82) is 0 Å². The molecule has 9 heteroatoms. The van der Waals surface area contributed by atoms with Gasteiger partial charge in [-0.1, -0.05) is 12.1 Å². The maximum absolute atomic E-state index is 12.9. The Labute approximate surface area is 205 Å². The molecule has 4 rings (SSSR count). The highest BCUT2D eigenvalue weighted by Crippen LogP contribution is 2.29. The highest BCUT2D eigenvalue weighted by Gasteiger charge is 2.19. The van der Waals surface area contributed by atoms with Crippen LogP contribution in [0.2, 0.25) is 0 Å². The normalized spacial score (nSPS) is 14.3. The Bertz CT molecular complexity index is 1130. The van der Waals surface area contributed by atoms with Gasteiger partial charge in [0.25, 0.3) is 11.8 Å². The fourth-order valence-corrected chi connectivity index (χ4v) is 4.03. The first-order valence-corrected chi connectivity index (χ1v) is 12.0. The minimum Gasteiger partial charge on any atom is -0.490 e. The van der Waals surface area contributed by atoms with Crippen molar-refractivity contribution in [1.82, 2.24) is 25.0 Å². The number of rotatable bonds is 9. The summed E-state index contributed by atoms with van der Waals surface area (Å²) in [6.07, 6.45) is 6.34. The van der Waals surface area contributed by atoms with Crippen LogP contribution in [0.4, 0.5) is 0 Å². The van der Waals surface area contributed by atoms with Crippen LogP contribution >= 0.6 is 0 Å². The summed E-state index contributed by atoms with van der Waals surface area (Å²) < 4.78 is 13.1. The van der Waals surface area contributed by atoms with E-state index in [2.05, 4.69) is 15.4 Å². The molecule has 1 N–H and O–H groups in total. The molecule has 1 aliphatic heterocycles. The molecule has 2 aromatic carbocycles. The van der Waals surface area contributed by atoms with E-state index in [0.29, 0.717) is 23.7 Å². The van der Waals surface area contributed by atoms with Gasteiger partial charge in [-0.15, -0.1) is 0 Å². The smallest absolute Gasteiger partial charge is 0.260 e. The van der Waals surface area contributed by atoms with Crippen LogP contribution in [0.1, 0.15) is 55.1 Å². The molecule has 2 heterocycles. The molecule has 1 saturated heterocycles. The van der Waals surface area contributed by atoms with Crippen LogP contribution in [0.5, 0.6) is 11.5 Å². The minimum atomic E-state index is -0.227. The maximum atomic E-state index is 12.9. The van der Waals surface area contributed by atoms with Crippen molar-refractivity contribution < 1.29 is 19.1 Å². The number of piperidine rings is 1. The molecule has 35 heavy (non-hydrogen) atoms. The molecule has 0 bridgehead atoms. The summed E-state index contributed by atoms with van der Waals surface area (Å²) in [6.45, 7) is 5.71. The van der Waals surface area contributed by atoms with Crippen LogP contribution in [0, 0.1) is 0 Å². The van der Waals surface area contributed by atoms with Crippen molar-refractivity contribution in [3.05, 3.63) is 66.2 Å². The predicted octanol–water partition coefficient (Wildman–Crippen LogP) is 3.55. The van der Waals surface area contributed by atoms with Crippen molar-refractivity contribution in [2.75, 3.05) is 26.3 Å². The van der Waals surface area contributed by atoms with Gasteiger partial charge in [-0.05, 0) is 69.0 Å². The first kappa shape index (κ1) is 24.3. The number of ether oxygens (including phenoxy) is 2. The predicted molar refractivity (Wildman–Crippen MR) is 131 cm³/mol. The Morgan fingerprint density at radius 3 is 2.49 bits per heavy atom. The zero-order valence-electron chi connectivity index (χ0n) is 20.1. The molecule has 3 aromatic rings. The highest BCUT2D eigenvalue weighted by molar-refractivity contribution is 5.95. The van der Waals surface area contributed by atoms with E-state index in [1.807, 2.05) is 43.0 Å². The lowest BCUT2D eigenvalue weighted by Crippen LogP contribution is -2.38. The Morgan fingerprint density at radius 2 is 1.80 bits per heavy atom. The van der Waals surface area contributed by atoms with E-state index in [4.69, 9.17) is 9.47 Å². The Hall–Kier alpha value is -3.88. The van der Waals surface area contributed by atoms with Gasteiger partial charge in [0.15, 0.2) is 18.1 Å². The number of nitrogens with one attached hydrogen (secondary N) is 1. The molecule has 1 aromatic heterocycles. The molecule has 184 valence electrons. The molecular weight excluding hydrogens is 446 g/mol. The van der Waals surface area contributed by atoms with E-state index in [1.165, 1.54) is 6.33 Å². The van der Waals surface area contributed by atoms with Crippen molar-refractivity contribution in [3.8, 4) is 17.2 Å². The van der Waals surface area contributed by atoms with Gasteiger partial charge in [-0.3, -0.25) is 9.59 Å². The molecule has 1 aliphatic rings. The van der Waals surface area contributed by atoms with E-state index in [9.17, 15) is 9.59 Å².